The van der Waals surface area contributed by atoms with Crippen molar-refractivity contribution in [1.29, 1.82) is 0 Å². The molecule has 0 aliphatic carbocycles. The highest BCUT2D eigenvalue weighted by Gasteiger charge is 2.24. The number of anilines is 2. The van der Waals surface area contributed by atoms with Crippen LogP contribution in [0.3, 0.4) is 0 Å². The number of rotatable bonds is 6. The molecule has 2 aromatic carbocycles. The molecule has 0 unspecified atom stereocenters. The minimum atomic E-state index is -0.621. The van der Waals surface area contributed by atoms with E-state index in [1.807, 2.05) is 13.0 Å². The van der Waals surface area contributed by atoms with Crippen LogP contribution in [0.1, 0.15) is 25.2 Å². The summed E-state index contributed by atoms with van der Waals surface area (Å²) in [6.07, 6.45) is 3.42. The van der Waals surface area contributed by atoms with Gasteiger partial charge >= 0.3 is 0 Å². The molecule has 5 rings (SSSR count). The molecule has 0 amide bonds. The van der Waals surface area contributed by atoms with Crippen LogP contribution in [0, 0.1) is 5.82 Å². The monoisotopic (exact) mass is 471 g/mol. The Hall–Kier alpha value is -4.67. The first-order valence-corrected chi connectivity index (χ1v) is 11.0. The highest BCUT2D eigenvalue weighted by molar-refractivity contribution is 5.80. The van der Waals surface area contributed by atoms with Crippen LogP contribution < -0.4 is 16.6 Å². The van der Waals surface area contributed by atoms with Gasteiger partial charge in [-0.25, -0.2) is 24.3 Å². The molecule has 3 aromatic heterocycles. The highest BCUT2D eigenvalue weighted by Crippen LogP contribution is 2.31. The number of hydrogen-bond donors (Lipinski definition) is 2. The van der Waals surface area contributed by atoms with E-state index in [1.54, 1.807) is 48.4 Å². The first-order chi connectivity index (χ1) is 17.0. The van der Waals surface area contributed by atoms with Crippen molar-refractivity contribution in [3.05, 3.63) is 83.2 Å². The summed E-state index contributed by atoms with van der Waals surface area (Å²) in [5, 5.41) is 7.60. The SMILES string of the molecule is CC[C@H](Nc1ncnc(N)c1-c1ncn(C)n1)c1nc2cccc(F)c2c(=O)n1-c1ccccc1. The molecule has 0 aliphatic heterocycles. The molecular weight excluding hydrogens is 449 g/mol. The summed E-state index contributed by atoms with van der Waals surface area (Å²) in [5.41, 5.74) is 6.94. The summed E-state index contributed by atoms with van der Waals surface area (Å²) in [7, 11) is 1.75. The third-order valence-electron chi connectivity index (χ3n) is 5.62. The average molecular weight is 472 g/mol. The van der Waals surface area contributed by atoms with Gasteiger partial charge in [0.15, 0.2) is 5.82 Å². The van der Waals surface area contributed by atoms with E-state index in [9.17, 15) is 9.18 Å². The number of aromatic nitrogens is 7. The van der Waals surface area contributed by atoms with Gasteiger partial charge in [0.1, 0.15) is 46.9 Å². The summed E-state index contributed by atoms with van der Waals surface area (Å²) in [5.74, 6) is 0.737. The molecule has 3 heterocycles. The van der Waals surface area contributed by atoms with Crippen LogP contribution >= 0.6 is 0 Å². The Labute approximate surface area is 199 Å². The van der Waals surface area contributed by atoms with Gasteiger partial charge < -0.3 is 11.1 Å². The molecule has 3 N–H and O–H groups in total. The molecule has 0 saturated carbocycles. The highest BCUT2D eigenvalue weighted by atomic mass is 19.1. The molecule has 0 spiro atoms. The fourth-order valence-corrected chi connectivity index (χ4v) is 3.96. The van der Waals surface area contributed by atoms with Gasteiger partial charge in [-0.3, -0.25) is 14.0 Å². The fraction of sp³-hybridized carbons (Fsp3) is 0.167. The molecular formula is C24H22FN9O. The minimum Gasteiger partial charge on any atom is -0.383 e. The number of benzene rings is 2. The number of nitrogens with two attached hydrogens (primary N) is 1. The number of nitrogen functional groups attached to an aromatic ring is 1. The van der Waals surface area contributed by atoms with Crippen LogP contribution in [0.25, 0.3) is 28.0 Å². The first kappa shape index (κ1) is 22.1. The smallest absolute Gasteiger partial charge is 0.269 e. The van der Waals surface area contributed by atoms with Crippen LogP contribution in [0.2, 0.25) is 0 Å². The summed E-state index contributed by atoms with van der Waals surface area (Å²) < 4.78 is 17.7. The van der Waals surface area contributed by atoms with E-state index in [1.165, 1.54) is 23.0 Å². The molecule has 10 nitrogen and oxygen atoms in total. The summed E-state index contributed by atoms with van der Waals surface area (Å²) in [4.78, 5) is 31.0. The second-order valence-corrected chi connectivity index (χ2v) is 7.91. The Bertz CT molecular complexity index is 1580. The predicted octanol–water partition coefficient (Wildman–Crippen LogP) is 3.26. The van der Waals surface area contributed by atoms with Crippen molar-refractivity contribution in [3.8, 4) is 17.1 Å². The van der Waals surface area contributed by atoms with Crippen molar-refractivity contribution in [1.82, 2.24) is 34.3 Å². The van der Waals surface area contributed by atoms with E-state index < -0.39 is 17.4 Å². The molecule has 11 heteroatoms. The van der Waals surface area contributed by atoms with Crippen molar-refractivity contribution in [2.75, 3.05) is 11.1 Å². The lowest BCUT2D eigenvalue weighted by Crippen LogP contribution is -2.29. The number of hydrogen-bond acceptors (Lipinski definition) is 8. The van der Waals surface area contributed by atoms with Gasteiger partial charge in [-0.1, -0.05) is 31.2 Å². The van der Waals surface area contributed by atoms with Gasteiger partial charge in [0.25, 0.3) is 5.56 Å². The zero-order valence-electron chi connectivity index (χ0n) is 19.1. The second-order valence-electron chi connectivity index (χ2n) is 7.91. The minimum absolute atomic E-state index is 0.0698. The molecule has 0 aliphatic rings. The Balaban J connectivity index is 1.71. The van der Waals surface area contributed by atoms with Crippen molar-refractivity contribution in [2.45, 2.75) is 19.4 Å². The van der Waals surface area contributed by atoms with Gasteiger partial charge in [-0.05, 0) is 30.7 Å². The largest absolute Gasteiger partial charge is 0.383 e. The van der Waals surface area contributed by atoms with Gasteiger partial charge in [0.2, 0.25) is 0 Å². The fourth-order valence-electron chi connectivity index (χ4n) is 3.96. The van der Waals surface area contributed by atoms with Gasteiger partial charge in [0.05, 0.1) is 17.2 Å². The van der Waals surface area contributed by atoms with Crippen LogP contribution in [-0.2, 0) is 7.05 Å². The van der Waals surface area contributed by atoms with Crippen LogP contribution in [0.4, 0.5) is 16.0 Å². The molecule has 0 bridgehead atoms. The Kier molecular flexibility index (Phi) is 5.65. The zero-order valence-corrected chi connectivity index (χ0v) is 19.1. The first-order valence-electron chi connectivity index (χ1n) is 11.0. The quantitative estimate of drug-likeness (QED) is 0.386. The van der Waals surface area contributed by atoms with Gasteiger partial charge in [-0.15, -0.1) is 0 Å². The Morgan fingerprint density at radius 3 is 2.60 bits per heavy atom. The van der Waals surface area contributed by atoms with Crippen LogP contribution in [0.5, 0.6) is 0 Å². The molecule has 0 fully saturated rings. The van der Waals surface area contributed by atoms with E-state index in [0.717, 1.165) is 0 Å². The van der Waals surface area contributed by atoms with Crippen molar-refractivity contribution >= 4 is 22.5 Å². The summed E-state index contributed by atoms with van der Waals surface area (Å²) in [6, 6.07) is 12.9. The van der Waals surface area contributed by atoms with E-state index in [0.29, 0.717) is 35.1 Å². The third kappa shape index (κ3) is 3.97. The van der Waals surface area contributed by atoms with Crippen molar-refractivity contribution in [2.24, 2.45) is 7.05 Å². The standard InChI is InChI=1S/C24H22FN9O/c1-3-16(30-21-19(20(26)27-12-28-21)22-29-13-33(2)32-22)23-31-17-11-7-10-15(25)18(17)24(35)34(23)14-8-5-4-6-9-14/h4-13,16H,3H2,1-2H3,(H3,26,27,28,30)/t16-/m0/s1. The van der Waals surface area contributed by atoms with Crippen LogP contribution in [0.15, 0.2) is 66.0 Å². The van der Waals surface area contributed by atoms with Crippen LogP contribution in [-0.4, -0.2) is 34.3 Å². The Morgan fingerprint density at radius 1 is 1.09 bits per heavy atom. The average Bonchev–Trinajstić information content (AvgIpc) is 3.28. The third-order valence-corrected chi connectivity index (χ3v) is 5.62. The molecule has 176 valence electrons. The number of nitrogens with one attached hydrogen (secondary N) is 1. The topological polar surface area (TPSA) is 129 Å². The van der Waals surface area contributed by atoms with Crippen molar-refractivity contribution in [3.63, 3.8) is 0 Å². The number of aryl methyl sites for hydroxylation is 1. The zero-order chi connectivity index (χ0) is 24.5. The second kappa shape index (κ2) is 8.93. The predicted molar refractivity (Wildman–Crippen MR) is 130 cm³/mol. The van der Waals surface area contributed by atoms with E-state index >= 15 is 0 Å². The lowest BCUT2D eigenvalue weighted by Gasteiger charge is -2.23. The maximum Gasteiger partial charge on any atom is 0.269 e. The van der Waals surface area contributed by atoms with Gasteiger partial charge in [-0.2, -0.15) is 5.10 Å². The molecule has 1 atom stereocenters. The number of nitrogens with zero attached hydrogens (tertiary/aromatic N) is 7. The molecule has 5 aromatic rings. The van der Waals surface area contributed by atoms with Crippen molar-refractivity contribution < 1.29 is 4.39 Å². The normalized spacial score (nSPS) is 12.1. The maximum absolute atomic E-state index is 14.7. The molecule has 35 heavy (non-hydrogen) atoms. The van der Waals surface area contributed by atoms with E-state index in [2.05, 4.69) is 25.4 Å². The number of fused-ring (bicyclic) bond motifs is 1. The molecule has 0 saturated heterocycles. The maximum atomic E-state index is 14.7. The van der Waals surface area contributed by atoms with E-state index in [-0.39, 0.29) is 16.7 Å². The number of halogens is 1. The Morgan fingerprint density at radius 2 is 1.89 bits per heavy atom. The summed E-state index contributed by atoms with van der Waals surface area (Å²) in [6.45, 7) is 1.94. The van der Waals surface area contributed by atoms with E-state index in [4.69, 9.17) is 10.7 Å². The number of para-hydroxylation sites is 1. The summed E-state index contributed by atoms with van der Waals surface area (Å²) >= 11 is 0. The lowest BCUT2D eigenvalue weighted by molar-refractivity contribution is 0.630. The molecule has 0 radical (unpaired) electrons. The van der Waals surface area contributed by atoms with Gasteiger partial charge in [0, 0.05) is 7.05 Å². The lowest BCUT2D eigenvalue weighted by atomic mass is 10.1.